The topological polar surface area (TPSA) is 64.9 Å². The third kappa shape index (κ3) is 2.08. The van der Waals surface area contributed by atoms with Gasteiger partial charge in [-0.1, -0.05) is 23.4 Å². The van der Waals surface area contributed by atoms with Gasteiger partial charge in [-0.3, -0.25) is 0 Å². The Kier molecular flexibility index (Phi) is 2.65. The van der Waals surface area contributed by atoms with E-state index in [1.807, 2.05) is 30.3 Å². The Labute approximate surface area is 99.8 Å². The van der Waals surface area contributed by atoms with Gasteiger partial charge in [-0.15, -0.1) is 0 Å². The van der Waals surface area contributed by atoms with E-state index in [1.54, 1.807) is 0 Å². The van der Waals surface area contributed by atoms with Crippen LogP contribution in [0.5, 0.6) is 0 Å². The molecule has 3 rings (SSSR count). The average molecular weight is 229 g/mol. The fourth-order valence-electron chi connectivity index (χ4n) is 2.35. The maximum absolute atomic E-state index is 5.89. The highest BCUT2D eigenvalue weighted by molar-refractivity contribution is 5.52. The first-order valence-corrected chi connectivity index (χ1v) is 5.97. The largest absolute Gasteiger partial charge is 0.334 e. The summed E-state index contributed by atoms with van der Waals surface area (Å²) in [6.07, 6.45) is 3.09. The number of rotatable bonds is 2. The average Bonchev–Trinajstić information content (AvgIpc) is 2.98. The second kappa shape index (κ2) is 4.30. The minimum atomic E-state index is 0.290. The van der Waals surface area contributed by atoms with Crippen molar-refractivity contribution in [2.45, 2.75) is 31.2 Å². The summed E-state index contributed by atoms with van der Waals surface area (Å²) in [5, 5.41) is 4.07. The minimum Gasteiger partial charge on any atom is -0.334 e. The molecule has 2 N–H and O–H groups in total. The SMILES string of the molecule is N[C@H]1CC[C@H](c2noc(-c3ccccc3)n2)C1. The van der Waals surface area contributed by atoms with Gasteiger partial charge in [0.15, 0.2) is 5.82 Å². The van der Waals surface area contributed by atoms with Crippen molar-refractivity contribution < 1.29 is 4.52 Å². The highest BCUT2D eigenvalue weighted by Gasteiger charge is 2.27. The van der Waals surface area contributed by atoms with Crippen LogP contribution < -0.4 is 5.73 Å². The molecule has 0 bridgehead atoms. The molecule has 4 heteroatoms. The van der Waals surface area contributed by atoms with Crippen molar-refractivity contribution in [2.24, 2.45) is 5.73 Å². The number of hydrogen-bond donors (Lipinski definition) is 1. The summed E-state index contributed by atoms with van der Waals surface area (Å²) in [5.74, 6) is 1.77. The summed E-state index contributed by atoms with van der Waals surface area (Å²) in [5.41, 5.74) is 6.86. The second-order valence-electron chi connectivity index (χ2n) is 4.59. The normalized spacial score (nSPS) is 24.1. The van der Waals surface area contributed by atoms with E-state index in [0.717, 1.165) is 30.7 Å². The molecule has 0 saturated heterocycles. The van der Waals surface area contributed by atoms with Crippen molar-refractivity contribution >= 4 is 0 Å². The Balaban J connectivity index is 1.84. The van der Waals surface area contributed by atoms with Crippen LogP contribution in [0.3, 0.4) is 0 Å². The first-order valence-electron chi connectivity index (χ1n) is 5.97. The number of hydrogen-bond acceptors (Lipinski definition) is 4. The van der Waals surface area contributed by atoms with Crippen molar-refractivity contribution in [3.63, 3.8) is 0 Å². The molecule has 4 nitrogen and oxygen atoms in total. The number of benzene rings is 1. The molecule has 0 radical (unpaired) electrons. The highest BCUT2D eigenvalue weighted by atomic mass is 16.5. The molecule has 1 aromatic carbocycles. The zero-order valence-corrected chi connectivity index (χ0v) is 9.54. The lowest BCUT2D eigenvalue weighted by Crippen LogP contribution is -2.14. The zero-order chi connectivity index (χ0) is 11.7. The van der Waals surface area contributed by atoms with Crippen LogP contribution in [-0.4, -0.2) is 16.2 Å². The van der Waals surface area contributed by atoms with Gasteiger partial charge in [0.1, 0.15) is 0 Å². The first-order chi connectivity index (χ1) is 8.33. The summed E-state index contributed by atoms with van der Waals surface area (Å²) in [7, 11) is 0. The minimum absolute atomic E-state index is 0.290. The summed E-state index contributed by atoms with van der Waals surface area (Å²) < 4.78 is 5.30. The zero-order valence-electron chi connectivity index (χ0n) is 9.54. The molecule has 2 atom stereocenters. The Morgan fingerprint density at radius 3 is 2.71 bits per heavy atom. The van der Waals surface area contributed by atoms with Crippen LogP contribution in [0.25, 0.3) is 11.5 Å². The van der Waals surface area contributed by atoms with E-state index >= 15 is 0 Å². The molecule has 17 heavy (non-hydrogen) atoms. The molecule has 1 aliphatic carbocycles. The predicted octanol–water partition coefficient (Wildman–Crippen LogP) is 2.33. The van der Waals surface area contributed by atoms with Crippen molar-refractivity contribution in [1.82, 2.24) is 10.1 Å². The Bertz CT molecular complexity index is 494. The van der Waals surface area contributed by atoms with E-state index < -0.39 is 0 Å². The van der Waals surface area contributed by atoms with Gasteiger partial charge < -0.3 is 10.3 Å². The number of nitrogens with two attached hydrogens (primary N) is 1. The van der Waals surface area contributed by atoms with E-state index in [4.69, 9.17) is 10.3 Å². The summed E-state index contributed by atoms with van der Waals surface area (Å²) >= 11 is 0. The third-order valence-corrected chi connectivity index (χ3v) is 3.30. The quantitative estimate of drug-likeness (QED) is 0.858. The summed E-state index contributed by atoms with van der Waals surface area (Å²) in [6, 6.07) is 10.1. The van der Waals surface area contributed by atoms with Gasteiger partial charge >= 0.3 is 0 Å². The molecule has 88 valence electrons. The maximum atomic E-state index is 5.89. The van der Waals surface area contributed by atoms with E-state index in [2.05, 4.69) is 10.1 Å². The van der Waals surface area contributed by atoms with Crippen LogP contribution >= 0.6 is 0 Å². The summed E-state index contributed by atoms with van der Waals surface area (Å²) in [4.78, 5) is 4.46. The Morgan fingerprint density at radius 1 is 1.18 bits per heavy atom. The van der Waals surface area contributed by atoms with E-state index in [1.165, 1.54) is 0 Å². The van der Waals surface area contributed by atoms with Crippen LogP contribution in [0.4, 0.5) is 0 Å². The van der Waals surface area contributed by atoms with Crippen LogP contribution in [0.1, 0.15) is 31.0 Å². The molecule has 0 aliphatic heterocycles. The van der Waals surface area contributed by atoms with Gasteiger partial charge in [0.2, 0.25) is 0 Å². The molecule has 1 fully saturated rings. The molecule has 2 aromatic rings. The van der Waals surface area contributed by atoms with E-state index in [-0.39, 0.29) is 0 Å². The van der Waals surface area contributed by atoms with Crippen LogP contribution in [0.15, 0.2) is 34.9 Å². The van der Waals surface area contributed by atoms with Crippen LogP contribution in [0, 0.1) is 0 Å². The molecular weight excluding hydrogens is 214 g/mol. The van der Waals surface area contributed by atoms with Crippen molar-refractivity contribution in [3.05, 3.63) is 36.2 Å². The lowest BCUT2D eigenvalue weighted by molar-refractivity contribution is 0.415. The number of nitrogens with zero attached hydrogens (tertiary/aromatic N) is 2. The molecule has 0 unspecified atom stereocenters. The van der Waals surface area contributed by atoms with Crippen LogP contribution in [-0.2, 0) is 0 Å². The van der Waals surface area contributed by atoms with E-state index in [9.17, 15) is 0 Å². The van der Waals surface area contributed by atoms with Gasteiger partial charge in [0.25, 0.3) is 5.89 Å². The lowest BCUT2D eigenvalue weighted by Gasteiger charge is -2.01. The van der Waals surface area contributed by atoms with Crippen molar-refractivity contribution in [3.8, 4) is 11.5 Å². The standard InChI is InChI=1S/C13H15N3O/c14-11-7-6-10(8-11)12-15-13(17-16-12)9-4-2-1-3-5-9/h1-5,10-11H,6-8,14H2/t10-,11-/m0/s1. The third-order valence-electron chi connectivity index (χ3n) is 3.30. The fraction of sp³-hybridized carbons (Fsp3) is 0.385. The molecule has 1 aromatic heterocycles. The van der Waals surface area contributed by atoms with Gasteiger partial charge in [-0.2, -0.15) is 4.98 Å². The second-order valence-corrected chi connectivity index (χ2v) is 4.59. The monoisotopic (exact) mass is 229 g/mol. The van der Waals surface area contributed by atoms with Crippen LogP contribution in [0.2, 0.25) is 0 Å². The molecule has 1 saturated carbocycles. The van der Waals surface area contributed by atoms with Gasteiger partial charge in [-0.25, -0.2) is 0 Å². The van der Waals surface area contributed by atoms with E-state index in [0.29, 0.717) is 17.9 Å². The molecule has 0 amide bonds. The smallest absolute Gasteiger partial charge is 0.257 e. The molecular formula is C13H15N3O. The maximum Gasteiger partial charge on any atom is 0.257 e. The number of aromatic nitrogens is 2. The van der Waals surface area contributed by atoms with Crippen molar-refractivity contribution in [2.75, 3.05) is 0 Å². The Morgan fingerprint density at radius 2 is 2.00 bits per heavy atom. The van der Waals surface area contributed by atoms with Gasteiger partial charge in [0.05, 0.1) is 0 Å². The first kappa shape index (κ1) is 10.5. The molecule has 0 spiro atoms. The predicted molar refractivity (Wildman–Crippen MR) is 64.3 cm³/mol. The highest BCUT2D eigenvalue weighted by Crippen LogP contribution is 2.32. The van der Waals surface area contributed by atoms with Gasteiger partial charge in [0, 0.05) is 17.5 Å². The fourth-order valence-corrected chi connectivity index (χ4v) is 2.35. The summed E-state index contributed by atoms with van der Waals surface area (Å²) in [6.45, 7) is 0. The molecule has 1 heterocycles. The van der Waals surface area contributed by atoms with Gasteiger partial charge in [-0.05, 0) is 31.4 Å². The molecule has 1 aliphatic rings. The van der Waals surface area contributed by atoms with Crippen molar-refractivity contribution in [1.29, 1.82) is 0 Å². The lowest BCUT2D eigenvalue weighted by atomic mass is 10.1. The Hall–Kier alpha value is -1.68.